The molecule has 8 nitrogen and oxygen atoms in total. The molecule has 0 fully saturated rings. The third-order valence-corrected chi connectivity index (χ3v) is 4.11. The van der Waals surface area contributed by atoms with Gasteiger partial charge in [-0.25, -0.2) is 14.5 Å². The fraction of sp³-hybridized carbons (Fsp3) is 0.368. The van der Waals surface area contributed by atoms with Crippen LogP contribution in [0.4, 0.5) is 10.5 Å². The van der Waals surface area contributed by atoms with Crippen molar-refractivity contribution in [1.29, 1.82) is 0 Å². The Kier molecular flexibility index (Phi) is 5.97. The van der Waals surface area contributed by atoms with Crippen LogP contribution in [-0.4, -0.2) is 50.9 Å². The van der Waals surface area contributed by atoms with Gasteiger partial charge < -0.3 is 15.0 Å². The molecule has 0 unspecified atom stereocenters. The Hall–Kier alpha value is -3.00. The van der Waals surface area contributed by atoms with E-state index in [-0.39, 0.29) is 12.1 Å². The highest BCUT2D eigenvalue weighted by Crippen LogP contribution is 2.19. The first-order valence-corrected chi connectivity index (χ1v) is 8.86. The zero-order chi connectivity index (χ0) is 19.2. The molecular weight excluding hydrogens is 344 g/mol. The molecule has 3 rings (SSSR count). The average molecular weight is 368 g/mol. The Balaban J connectivity index is 1.75. The Morgan fingerprint density at radius 3 is 2.85 bits per heavy atom. The fourth-order valence-electron chi connectivity index (χ4n) is 2.73. The Morgan fingerprint density at radius 1 is 1.30 bits per heavy atom. The van der Waals surface area contributed by atoms with Crippen molar-refractivity contribution in [3.05, 3.63) is 48.5 Å². The van der Waals surface area contributed by atoms with Gasteiger partial charge in [-0.05, 0) is 32.0 Å². The monoisotopic (exact) mass is 368 g/mol. The van der Waals surface area contributed by atoms with Gasteiger partial charge in [0, 0.05) is 31.3 Å². The molecule has 0 saturated carbocycles. The maximum Gasteiger partial charge on any atom is 0.322 e. The van der Waals surface area contributed by atoms with E-state index >= 15 is 0 Å². The first kappa shape index (κ1) is 18.8. The number of hydrogen-bond donors (Lipinski definition) is 1. The molecule has 0 spiro atoms. The number of amides is 2. The molecule has 0 aliphatic heterocycles. The van der Waals surface area contributed by atoms with Crippen LogP contribution in [-0.2, 0) is 11.3 Å². The molecular formula is C19H24N6O2. The zero-order valence-corrected chi connectivity index (χ0v) is 15.8. The number of ether oxygens (including phenoxy) is 1. The van der Waals surface area contributed by atoms with E-state index in [2.05, 4.69) is 34.2 Å². The van der Waals surface area contributed by atoms with Crippen LogP contribution >= 0.6 is 0 Å². The van der Waals surface area contributed by atoms with Crippen LogP contribution in [0.1, 0.15) is 25.6 Å². The quantitative estimate of drug-likeness (QED) is 0.693. The van der Waals surface area contributed by atoms with Crippen molar-refractivity contribution in [1.82, 2.24) is 24.6 Å². The predicted octanol–water partition coefficient (Wildman–Crippen LogP) is 3.09. The number of methoxy groups -OCH3 is 1. The highest BCUT2D eigenvalue weighted by molar-refractivity contribution is 5.91. The molecule has 3 aromatic rings. The second-order valence-electron chi connectivity index (χ2n) is 6.49. The van der Waals surface area contributed by atoms with Crippen molar-refractivity contribution < 1.29 is 9.53 Å². The number of carbonyl (C=O) groups excluding carboxylic acids is 1. The van der Waals surface area contributed by atoms with E-state index in [1.807, 2.05) is 28.9 Å². The minimum absolute atomic E-state index is 0.221. The lowest BCUT2D eigenvalue weighted by atomic mass is 10.3. The van der Waals surface area contributed by atoms with Crippen molar-refractivity contribution in [2.75, 3.05) is 25.6 Å². The van der Waals surface area contributed by atoms with E-state index in [4.69, 9.17) is 4.74 Å². The molecule has 0 aromatic carbocycles. The van der Waals surface area contributed by atoms with Gasteiger partial charge in [-0.1, -0.05) is 6.07 Å². The molecule has 27 heavy (non-hydrogen) atoms. The van der Waals surface area contributed by atoms with Crippen LogP contribution in [0.2, 0.25) is 0 Å². The van der Waals surface area contributed by atoms with Gasteiger partial charge in [0.25, 0.3) is 0 Å². The summed E-state index contributed by atoms with van der Waals surface area (Å²) in [5.74, 6) is 0. The molecule has 2 amide bonds. The van der Waals surface area contributed by atoms with Crippen LogP contribution in [0.3, 0.4) is 0 Å². The lowest BCUT2D eigenvalue weighted by Crippen LogP contribution is -2.37. The van der Waals surface area contributed by atoms with E-state index in [0.717, 1.165) is 16.7 Å². The zero-order valence-electron chi connectivity index (χ0n) is 15.8. The van der Waals surface area contributed by atoms with Crippen molar-refractivity contribution in [3.63, 3.8) is 0 Å². The summed E-state index contributed by atoms with van der Waals surface area (Å²) in [5.41, 5.74) is 2.24. The maximum absolute atomic E-state index is 12.8. The topological polar surface area (TPSA) is 85.2 Å². The minimum Gasteiger partial charge on any atom is -0.383 e. The molecule has 0 bridgehead atoms. The Morgan fingerprint density at radius 2 is 2.15 bits per heavy atom. The van der Waals surface area contributed by atoms with Gasteiger partial charge in [-0.2, -0.15) is 5.10 Å². The summed E-state index contributed by atoms with van der Waals surface area (Å²) in [4.78, 5) is 23.2. The van der Waals surface area contributed by atoms with Crippen molar-refractivity contribution in [2.24, 2.45) is 0 Å². The van der Waals surface area contributed by atoms with Crippen LogP contribution in [0.25, 0.3) is 11.0 Å². The largest absolute Gasteiger partial charge is 0.383 e. The highest BCUT2D eigenvalue weighted by atomic mass is 16.5. The fourth-order valence-corrected chi connectivity index (χ4v) is 2.73. The van der Waals surface area contributed by atoms with Crippen molar-refractivity contribution in [2.45, 2.75) is 26.4 Å². The number of fused-ring (bicyclic) bond motifs is 1. The van der Waals surface area contributed by atoms with Crippen molar-refractivity contribution in [3.8, 4) is 0 Å². The van der Waals surface area contributed by atoms with Gasteiger partial charge in [-0.3, -0.25) is 4.98 Å². The third kappa shape index (κ3) is 4.59. The SMILES string of the molecule is COCCN(Cc1ccccn1)C(=O)Nc1cnc2c(cnn2C(C)C)c1. The molecule has 0 saturated heterocycles. The van der Waals surface area contributed by atoms with Crippen LogP contribution in [0.5, 0.6) is 0 Å². The molecule has 3 aromatic heterocycles. The third-order valence-electron chi connectivity index (χ3n) is 4.11. The molecule has 8 heteroatoms. The summed E-state index contributed by atoms with van der Waals surface area (Å²) in [6.07, 6.45) is 5.12. The van der Waals surface area contributed by atoms with Crippen LogP contribution in [0, 0.1) is 0 Å². The number of nitrogens with one attached hydrogen (secondary N) is 1. The predicted molar refractivity (Wildman–Crippen MR) is 103 cm³/mol. The standard InChI is InChI=1S/C19H24N6O2/c1-14(2)25-18-15(11-22-25)10-17(12-21-18)23-19(26)24(8-9-27-3)13-16-6-4-5-7-20-16/h4-7,10-12,14H,8-9,13H2,1-3H3,(H,23,26). The number of urea groups is 1. The lowest BCUT2D eigenvalue weighted by Gasteiger charge is -2.22. The first-order valence-electron chi connectivity index (χ1n) is 8.86. The summed E-state index contributed by atoms with van der Waals surface area (Å²) in [7, 11) is 1.61. The van der Waals surface area contributed by atoms with Gasteiger partial charge in [-0.15, -0.1) is 0 Å². The van der Waals surface area contributed by atoms with Crippen LogP contribution in [0.15, 0.2) is 42.9 Å². The van der Waals surface area contributed by atoms with Gasteiger partial charge in [0.2, 0.25) is 0 Å². The smallest absolute Gasteiger partial charge is 0.322 e. The molecule has 0 aliphatic rings. The van der Waals surface area contributed by atoms with Gasteiger partial charge in [0.15, 0.2) is 5.65 Å². The van der Waals surface area contributed by atoms with Gasteiger partial charge >= 0.3 is 6.03 Å². The Bertz CT molecular complexity index is 894. The van der Waals surface area contributed by atoms with E-state index in [0.29, 0.717) is 25.4 Å². The number of hydrogen-bond acceptors (Lipinski definition) is 5. The van der Waals surface area contributed by atoms with Crippen LogP contribution < -0.4 is 5.32 Å². The molecule has 1 N–H and O–H groups in total. The number of rotatable bonds is 7. The molecule has 0 radical (unpaired) electrons. The average Bonchev–Trinajstić information content (AvgIpc) is 3.09. The number of nitrogens with zero attached hydrogens (tertiary/aromatic N) is 5. The lowest BCUT2D eigenvalue weighted by molar-refractivity contribution is 0.152. The molecule has 0 aliphatic carbocycles. The van der Waals surface area contributed by atoms with E-state index in [9.17, 15) is 4.79 Å². The molecule has 0 atom stereocenters. The minimum atomic E-state index is -0.227. The second kappa shape index (κ2) is 8.59. The molecule has 3 heterocycles. The van der Waals surface area contributed by atoms with Gasteiger partial charge in [0.05, 0.1) is 36.9 Å². The normalized spacial score (nSPS) is 11.1. The van der Waals surface area contributed by atoms with E-state index in [1.165, 1.54) is 0 Å². The van der Waals surface area contributed by atoms with E-state index in [1.54, 1.807) is 30.6 Å². The summed E-state index contributed by atoms with van der Waals surface area (Å²) < 4.78 is 6.98. The summed E-state index contributed by atoms with van der Waals surface area (Å²) >= 11 is 0. The van der Waals surface area contributed by atoms with Gasteiger partial charge in [0.1, 0.15) is 0 Å². The Labute approximate surface area is 158 Å². The maximum atomic E-state index is 12.8. The number of pyridine rings is 2. The number of carbonyl (C=O) groups is 1. The highest BCUT2D eigenvalue weighted by Gasteiger charge is 2.16. The summed E-state index contributed by atoms with van der Waals surface area (Å²) in [6, 6.07) is 7.51. The van der Waals surface area contributed by atoms with Crippen molar-refractivity contribution >= 4 is 22.8 Å². The summed E-state index contributed by atoms with van der Waals surface area (Å²) in [5, 5.41) is 8.14. The number of aromatic nitrogens is 4. The number of anilines is 1. The molecule has 142 valence electrons. The summed E-state index contributed by atoms with van der Waals surface area (Å²) in [6.45, 7) is 5.40. The first-order chi connectivity index (χ1) is 13.1. The second-order valence-corrected chi connectivity index (χ2v) is 6.49. The van der Waals surface area contributed by atoms with E-state index < -0.39 is 0 Å².